The van der Waals surface area contributed by atoms with Crippen molar-refractivity contribution in [1.82, 2.24) is 0 Å². The summed E-state index contributed by atoms with van der Waals surface area (Å²) in [5.74, 6) is 0. The van der Waals surface area contributed by atoms with Crippen molar-refractivity contribution >= 4 is 35.6 Å². The van der Waals surface area contributed by atoms with Gasteiger partial charge >= 0.3 is 0 Å². The maximum absolute atomic E-state index is 4.46. The summed E-state index contributed by atoms with van der Waals surface area (Å²) in [6.07, 6.45) is 3.80. The highest BCUT2D eigenvalue weighted by Gasteiger charge is 2.10. The van der Waals surface area contributed by atoms with E-state index in [4.69, 9.17) is 0 Å². The Balaban J connectivity index is 2.25. The van der Waals surface area contributed by atoms with E-state index in [2.05, 4.69) is 74.0 Å². The Kier molecular flexibility index (Phi) is 5.67. The van der Waals surface area contributed by atoms with Gasteiger partial charge in [0.05, 0.1) is 0 Å². The standard InChI is InChI=1S/C20H24N2S/c1-6-17-14-16(15-21-23-20(2,3)4)12-13-19(17)22(5)18-10-8-7-9-11-18/h6-15H,1H2,2-5H3/b21-15+. The van der Waals surface area contributed by atoms with Gasteiger partial charge in [0.1, 0.15) is 0 Å². The van der Waals surface area contributed by atoms with Crippen LogP contribution in [0.25, 0.3) is 6.08 Å². The number of para-hydroxylation sites is 1. The van der Waals surface area contributed by atoms with Gasteiger partial charge in [-0.15, -0.1) is 0 Å². The molecule has 0 bridgehead atoms. The van der Waals surface area contributed by atoms with Crippen molar-refractivity contribution in [2.24, 2.45) is 4.40 Å². The van der Waals surface area contributed by atoms with Gasteiger partial charge in [-0.2, -0.15) is 0 Å². The van der Waals surface area contributed by atoms with Crippen molar-refractivity contribution in [3.63, 3.8) is 0 Å². The number of nitrogens with zero attached hydrogens (tertiary/aromatic N) is 2. The third-order valence-electron chi connectivity index (χ3n) is 3.30. The van der Waals surface area contributed by atoms with E-state index in [9.17, 15) is 0 Å². The van der Waals surface area contributed by atoms with Crippen molar-refractivity contribution in [3.05, 3.63) is 66.2 Å². The molecule has 0 atom stereocenters. The third-order valence-corrected chi connectivity index (χ3v) is 4.06. The molecule has 2 nitrogen and oxygen atoms in total. The highest BCUT2D eigenvalue weighted by molar-refractivity contribution is 7.99. The van der Waals surface area contributed by atoms with Crippen molar-refractivity contribution < 1.29 is 0 Å². The molecule has 0 radical (unpaired) electrons. The van der Waals surface area contributed by atoms with Crippen LogP contribution in [0.1, 0.15) is 31.9 Å². The Morgan fingerprint density at radius 3 is 2.39 bits per heavy atom. The lowest BCUT2D eigenvalue weighted by Gasteiger charge is -2.22. The summed E-state index contributed by atoms with van der Waals surface area (Å²) < 4.78 is 4.59. The first-order chi connectivity index (χ1) is 10.9. The van der Waals surface area contributed by atoms with Crippen molar-refractivity contribution in [1.29, 1.82) is 0 Å². The molecule has 0 heterocycles. The molecular weight excluding hydrogens is 300 g/mol. The molecule has 0 aromatic heterocycles. The van der Waals surface area contributed by atoms with Crippen molar-refractivity contribution in [3.8, 4) is 0 Å². The molecule has 23 heavy (non-hydrogen) atoms. The van der Waals surface area contributed by atoms with E-state index in [1.807, 2.05) is 30.5 Å². The topological polar surface area (TPSA) is 15.6 Å². The minimum Gasteiger partial charge on any atom is -0.344 e. The molecule has 2 aromatic rings. The normalized spacial score (nSPS) is 11.7. The summed E-state index contributed by atoms with van der Waals surface area (Å²) in [5, 5.41) is 0. The molecule has 0 fully saturated rings. The van der Waals surface area contributed by atoms with Gasteiger partial charge in [-0.3, -0.25) is 0 Å². The zero-order valence-corrected chi connectivity index (χ0v) is 15.1. The smallest absolute Gasteiger partial charge is 0.0481 e. The zero-order chi connectivity index (χ0) is 16.9. The minimum absolute atomic E-state index is 0.130. The van der Waals surface area contributed by atoms with Crippen LogP contribution in [0.4, 0.5) is 11.4 Å². The minimum atomic E-state index is 0.130. The largest absolute Gasteiger partial charge is 0.344 e. The lowest BCUT2D eigenvalue weighted by atomic mass is 10.1. The van der Waals surface area contributed by atoms with Gasteiger partial charge in [0.25, 0.3) is 0 Å². The van der Waals surface area contributed by atoms with Crippen molar-refractivity contribution in [2.45, 2.75) is 25.5 Å². The van der Waals surface area contributed by atoms with Crippen LogP contribution >= 0.6 is 11.9 Å². The average Bonchev–Trinajstić information content (AvgIpc) is 2.53. The fourth-order valence-electron chi connectivity index (χ4n) is 2.16. The monoisotopic (exact) mass is 324 g/mol. The molecule has 0 unspecified atom stereocenters. The first kappa shape index (κ1) is 17.4. The third kappa shape index (κ3) is 5.00. The van der Waals surface area contributed by atoms with E-state index in [0.29, 0.717) is 0 Å². The van der Waals surface area contributed by atoms with Crippen LogP contribution in [0.2, 0.25) is 0 Å². The van der Waals surface area contributed by atoms with Gasteiger partial charge in [-0.25, -0.2) is 4.40 Å². The Labute approximate surface area is 144 Å². The highest BCUT2D eigenvalue weighted by atomic mass is 32.2. The summed E-state index contributed by atoms with van der Waals surface area (Å²) in [4.78, 5) is 2.17. The molecule has 2 rings (SSSR count). The fourth-order valence-corrected chi connectivity index (χ4v) is 2.65. The number of hydrogen-bond acceptors (Lipinski definition) is 3. The molecule has 3 heteroatoms. The van der Waals surface area contributed by atoms with E-state index in [1.165, 1.54) is 0 Å². The van der Waals surface area contributed by atoms with Crippen LogP contribution < -0.4 is 4.90 Å². The molecule has 0 saturated heterocycles. The zero-order valence-electron chi connectivity index (χ0n) is 14.3. The first-order valence-corrected chi connectivity index (χ1v) is 8.45. The number of anilines is 2. The van der Waals surface area contributed by atoms with E-state index in [1.54, 1.807) is 11.9 Å². The SMILES string of the molecule is C=Cc1cc(/C=N/SC(C)(C)C)ccc1N(C)c1ccccc1. The molecule has 0 amide bonds. The second-order valence-corrected chi connectivity index (χ2v) is 7.97. The van der Waals surface area contributed by atoms with Crippen LogP contribution in [-0.2, 0) is 0 Å². The van der Waals surface area contributed by atoms with Gasteiger partial charge < -0.3 is 4.90 Å². The predicted octanol–water partition coefficient (Wildman–Crippen LogP) is 5.96. The first-order valence-electron chi connectivity index (χ1n) is 7.67. The Bertz CT molecular complexity index is 685. The number of benzene rings is 2. The van der Waals surface area contributed by atoms with E-state index in [-0.39, 0.29) is 4.75 Å². The van der Waals surface area contributed by atoms with Gasteiger partial charge in [0, 0.05) is 29.4 Å². The quantitative estimate of drug-likeness (QED) is 0.498. The second kappa shape index (κ2) is 7.51. The Morgan fingerprint density at radius 2 is 1.78 bits per heavy atom. The Morgan fingerprint density at radius 1 is 1.09 bits per heavy atom. The van der Waals surface area contributed by atoms with Crippen LogP contribution in [0, 0.1) is 0 Å². The second-order valence-electron chi connectivity index (χ2n) is 6.36. The number of rotatable bonds is 5. The fraction of sp³-hybridized carbons (Fsp3) is 0.250. The summed E-state index contributed by atoms with van der Waals surface area (Å²) in [7, 11) is 2.07. The van der Waals surface area contributed by atoms with E-state index in [0.717, 1.165) is 22.5 Å². The molecule has 120 valence electrons. The molecular formula is C20H24N2S. The van der Waals surface area contributed by atoms with Crippen LogP contribution in [0.15, 0.2) is 59.5 Å². The van der Waals surface area contributed by atoms with Crippen LogP contribution in [0.5, 0.6) is 0 Å². The van der Waals surface area contributed by atoms with Crippen LogP contribution in [0.3, 0.4) is 0 Å². The highest BCUT2D eigenvalue weighted by Crippen LogP contribution is 2.29. The molecule has 0 spiro atoms. The molecule has 0 saturated carbocycles. The van der Waals surface area contributed by atoms with Gasteiger partial charge in [0.15, 0.2) is 0 Å². The van der Waals surface area contributed by atoms with Gasteiger partial charge in [0.2, 0.25) is 0 Å². The van der Waals surface area contributed by atoms with E-state index < -0.39 is 0 Å². The van der Waals surface area contributed by atoms with E-state index >= 15 is 0 Å². The van der Waals surface area contributed by atoms with Gasteiger partial charge in [-0.1, -0.05) is 36.9 Å². The molecule has 2 aromatic carbocycles. The molecule has 0 aliphatic carbocycles. The molecule has 0 N–H and O–H groups in total. The lowest BCUT2D eigenvalue weighted by Crippen LogP contribution is -2.10. The molecule has 0 aliphatic rings. The number of hydrogen-bond donors (Lipinski definition) is 0. The van der Waals surface area contributed by atoms with Crippen molar-refractivity contribution in [2.75, 3.05) is 11.9 Å². The molecule has 0 aliphatic heterocycles. The Hall–Kier alpha value is -2.00. The summed E-state index contributed by atoms with van der Waals surface area (Å²) in [5.41, 5.74) is 4.47. The average molecular weight is 324 g/mol. The maximum atomic E-state index is 4.46. The van der Waals surface area contributed by atoms with Crippen LogP contribution in [-0.4, -0.2) is 18.0 Å². The maximum Gasteiger partial charge on any atom is 0.0481 e. The lowest BCUT2D eigenvalue weighted by molar-refractivity contribution is 0.804. The summed E-state index contributed by atoms with van der Waals surface area (Å²) in [6.45, 7) is 10.4. The van der Waals surface area contributed by atoms with Gasteiger partial charge in [-0.05, 0) is 68.1 Å². The summed E-state index contributed by atoms with van der Waals surface area (Å²) in [6, 6.07) is 16.6. The predicted molar refractivity (Wildman–Crippen MR) is 106 cm³/mol. The summed E-state index contributed by atoms with van der Waals surface area (Å²) >= 11 is 1.58.